The summed E-state index contributed by atoms with van der Waals surface area (Å²) in [5.41, 5.74) is 8.96. The van der Waals surface area contributed by atoms with Crippen molar-refractivity contribution in [3.05, 3.63) is 11.6 Å². The van der Waals surface area contributed by atoms with Crippen LogP contribution in [0, 0.1) is 34.5 Å². The van der Waals surface area contributed by atoms with E-state index in [-0.39, 0.29) is 0 Å². The van der Waals surface area contributed by atoms with E-state index in [1.807, 2.05) is 5.57 Å². The molecule has 3 aliphatic carbocycles. The van der Waals surface area contributed by atoms with Crippen LogP contribution in [0.5, 0.6) is 0 Å². The van der Waals surface area contributed by atoms with E-state index in [1.165, 1.54) is 44.9 Å². The van der Waals surface area contributed by atoms with Crippen molar-refractivity contribution >= 4 is 0 Å². The molecule has 0 saturated heterocycles. The van der Waals surface area contributed by atoms with Crippen LogP contribution in [0.3, 0.4) is 0 Å². The largest absolute Gasteiger partial charge is 0.330 e. The van der Waals surface area contributed by atoms with Crippen molar-refractivity contribution in [3.63, 3.8) is 0 Å². The van der Waals surface area contributed by atoms with Crippen molar-refractivity contribution in [1.82, 2.24) is 0 Å². The first-order valence-electron chi connectivity index (χ1n) is 9.31. The summed E-state index contributed by atoms with van der Waals surface area (Å²) in [6, 6.07) is 0. The van der Waals surface area contributed by atoms with Gasteiger partial charge in [0.05, 0.1) is 0 Å². The summed E-state index contributed by atoms with van der Waals surface area (Å²) < 4.78 is 0. The second-order valence-electron chi connectivity index (χ2n) is 9.09. The summed E-state index contributed by atoms with van der Waals surface area (Å²) in [5.74, 6) is 3.35. The van der Waals surface area contributed by atoms with Crippen molar-refractivity contribution in [2.75, 3.05) is 6.54 Å². The number of nitrogens with two attached hydrogens (primary N) is 1. The summed E-state index contributed by atoms with van der Waals surface area (Å²) in [4.78, 5) is 0. The van der Waals surface area contributed by atoms with Gasteiger partial charge in [0.2, 0.25) is 0 Å². The quantitative estimate of drug-likeness (QED) is 0.698. The topological polar surface area (TPSA) is 26.0 Å². The van der Waals surface area contributed by atoms with Crippen LogP contribution in [-0.2, 0) is 0 Å². The Hall–Kier alpha value is -0.300. The predicted molar refractivity (Wildman–Crippen MR) is 91.0 cm³/mol. The molecule has 0 aromatic heterocycles. The standard InChI is InChI=1S/C20H35N/c1-14(2)15-6-8-17-16(12-15)7-9-18-19(3,13-21)10-5-11-20(17,18)4/h12,14-15,17-18H,5-11,13,21H2,1-4H3/t15?,17-,18?,19-,20-/m1/s1. The molecule has 120 valence electrons. The summed E-state index contributed by atoms with van der Waals surface area (Å²) in [7, 11) is 0. The molecule has 0 aromatic carbocycles. The molecule has 3 rings (SSSR count). The maximum absolute atomic E-state index is 6.22. The van der Waals surface area contributed by atoms with Crippen molar-refractivity contribution in [2.45, 2.75) is 72.6 Å². The van der Waals surface area contributed by atoms with E-state index in [4.69, 9.17) is 5.73 Å². The highest BCUT2D eigenvalue weighted by Crippen LogP contribution is 2.63. The van der Waals surface area contributed by atoms with Crippen LogP contribution in [0.1, 0.15) is 72.6 Å². The zero-order valence-corrected chi connectivity index (χ0v) is 14.6. The smallest absolute Gasteiger partial charge is 0.00203 e. The van der Waals surface area contributed by atoms with E-state index in [9.17, 15) is 0 Å². The Morgan fingerprint density at radius 3 is 2.62 bits per heavy atom. The third-order valence-electron chi connectivity index (χ3n) is 7.61. The Morgan fingerprint density at radius 2 is 1.95 bits per heavy atom. The average Bonchev–Trinajstić information content (AvgIpc) is 2.46. The van der Waals surface area contributed by atoms with E-state index in [0.29, 0.717) is 10.8 Å². The van der Waals surface area contributed by atoms with Gasteiger partial charge >= 0.3 is 0 Å². The van der Waals surface area contributed by atoms with Gasteiger partial charge in [-0.3, -0.25) is 0 Å². The zero-order chi connectivity index (χ0) is 15.3. The lowest BCUT2D eigenvalue weighted by molar-refractivity contribution is -0.0626. The van der Waals surface area contributed by atoms with Crippen LogP contribution in [0.25, 0.3) is 0 Å². The molecular weight excluding hydrogens is 254 g/mol. The van der Waals surface area contributed by atoms with Gasteiger partial charge in [-0.1, -0.05) is 45.8 Å². The van der Waals surface area contributed by atoms with Gasteiger partial charge in [0.25, 0.3) is 0 Å². The first-order chi connectivity index (χ1) is 9.90. The van der Waals surface area contributed by atoms with E-state index >= 15 is 0 Å². The molecule has 2 fully saturated rings. The van der Waals surface area contributed by atoms with Gasteiger partial charge < -0.3 is 5.73 Å². The van der Waals surface area contributed by atoms with E-state index in [2.05, 4.69) is 33.8 Å². The Bertz CT molecular complexity index is 424. The molecule has 0 bridgehead atoms. The summed E-state index contributed by atoms with van der Waals surface area (Å²) in [5, 5.41) is 0. The minimum atomic E-state index is 0.396. The summed E-state index contributed by atoms with van der Waals surface area (Å²) in [6.45, 7) is 10.7. The van der Waals surface area contributed by atoms with Crippen LogP contribution in [0.2, 0.25) is 0 Å². The van der Waals surface area contributed by atoms with Crippen LogP contribution in [0.15, 0.2) is 11.6 Å². The van der Waals surface area contributed by atoms with Gasteiger partial charge in [0.15, 0.2) is 0 Å². The van der Waals surface area contributed by atoms with Gasteiger partial charge in [0, 0.05) is 0 Å². The predicted octanol–water partition coefficient (Wildman–Crippen LogP) is 5.16. The van der Waals surface area contributed by atoms with E-state index in [0.717, 1.165) is 30.2 Å². The van der Waals surface area contributed by atoms with E-state index in [1.54, 1.807) is 0 Å². The normalized spacial score (nSPS) is 46.8. The molecule has 3 aliphatic rings. The maximum Gasteiger partial charge on any atom is -0.00203 e. The van der Waals surface area contributed by atoms with Crippen molar-refractivity contribution in [2.24, 2.45) is 40.2 Å². The molecule has 2 saturated carbocycles. The van der Waals surface area contributed by atoms with Gasteiger partial charge in [-0.05, 0) is 79.6 Å². The first-order valence-corrected chi connectivity index (χ1v) is 9.31. The van der Waals surface area contributed by atoms with Gasteiger partial charge in [-0.25, -0.2) is 0 Å². The Morgan fingerprint density at radius 1 is 1.19 bits per heavy atom. The molecule has 0 aromatic rings. The monoisotopic (exact) mass is 289 g/mol. The SMILES string of the molecule is CC(C)C1C=C2CCC3[C@@](C)(CN)CCC[C@]3(C)[C@@H]2CC1. The second-order valence-corrected chi connectivity index (χ2v) is 9.09. The second kappa shape index (κ2) is 5.41. The van der Waals surface area contributed by atoms with Crippen molar-refractivity contribution in [3.8, 4) is 0 Å². The number of allylic oxidation sites excluding steroid dienone is 2. The highest BCUT2D eigenvalue weighted by Gasteiger charge is 2.54. The number of hydrogen-bond donors (Lipinski definition) is 1. The zero-order valence-electron chi connectivity index (χ0n) is 14.6. The minimum Gasteiger partial charge on any atom is -0.330 e. The molecule has 21 heavy (non-hydrogen) atoms. The number of fused-ring (bicyclic) bond motifs is 3. The molecule has 0 spiro atoms. The fraction of sp³-hybridized carbons (Fsp3) is 0.900. The highest BCUT2D eigenvalue weighted by atomic mass is 14.7. The number of rotatable bonds is 2. The molecule has 0 radical (unpaired) electrons. The highest BCUT2D eigenvalue weighted by molar-refractivity contribution is 5.22. The fourth-order valence-electron chi connectivity index (χ4n) is 6.22. The Balaban J connectivity index is 1.91. The summed E-state index contributed by atoms with van der Waals surface area (Å²) in [6.07, 6.45) is 12.4. The Kier molecular flexibility index (Phi) is 4.01. The first kappa shape index (κ1) is 15.6. The third-order valence-corrected chi connectivity index (χ3v) is 7.61. The molecule has 1 nitrogen and oxygen atoms in total. The van der Waals surface area contributed by atoms with Gasteiger partial charge in [-0.2, -0.15) is 0 Å². The van der Waals surface area contributed by atoms with Crippen molar-refractivity contribution < 1.29 is 0 Å². The molecule has 1 heteroatoms. The third kappa shape index (κ3) is 2.40. The van der Waals surface area contributed by atoms with Crippen molar-refractivity contribution in [1.29, 1.82) is 0 Å². The van der Waals surface area contributed by atoms with E-state index < -0.39 is 0 Å². The van der Waals surface area contributed by atoms with Gasteiger partial charge in [0.1, 0.15) is 0 Å². The van der Waals surface area contributed by atoms with Crippen LogP contribution < -0.4 is 5.73 Å². The fourth-order valence-corrected chi connectivity index (χ4v) is 6.22. The van der Waals surface area contributed by atoms with Crippen LogP contribution in [-0.4, -0.2) is 6.54 Å². The summed E-state index contributed by atoms with van der Waals surface area (Å²) >= 11 is 0. The molecule has 0 amide bonds. The molecule has 2 N–H and O–H groups in total. The molecule has 2 unspecified atom stereocenters. The molecule has 0 aliphatic heterocycles. The van der Waals surface area contributed by atoms with Crippen LogP contribution >= 0.6 is 0 Å². The van der Waals surface area contributed by atoms with Crippen LogP contribution in [0.4, 0.5) is 0 Å². The molecule has 5 atom stereocenters. The average molecular weight is 290 g/mol. The van der Waals surface area contributed by atoms with Gasteiger partial charge in [-0.15, -0.1) is 0 Å². The number of hydrogen-bond acceptors (Lipinski definition) is 1. The minimum absolute atomic E-state index is 0.396. The lowest BCUT2D eigenvalue weighted by Crippen LogP contribution is -2.53. The molecule has 0 heterocycles. The maximum atomic E-state index is 6.22. The lowest BCUT2D eigenvalue weighted by atomic mass is 9.45. The molecular formula is C20H35N. The lowest BCUT2D eigenvalue weighted by Gasteiger charge is -2.60. The Labute approximate surface area is 131 Å².